The highest BCUT2D eigenvalue weighted by atomic mass is 14.4. The maximum absolute atomic E-state index is 2.47. The van der Waals surface area contributed by atoms with Gasteiger partial charge < -0.3 is 0 Å². The molecule has 0 aromatic carbocycles. The van der Waals surface area contributed by atoms with E-state index in [9.17, 15) is 0 Å². The van der Waals surface area contributed by atoms with Gasteiger partial charge in [0.05, 0.1) is 0 Å². The van der Waals surface area contributed by atoms with Gasteiger partial charge in [-0.25, -0.2) is 0 Å². The van der Waals surface area contributed by atoms with Crippen molar-refractivity contribution in [1.29, 1.82) is 0 Å². The van der Waals surface area contributed by atoms with E-state index in [4.69, 9.17) is 0 Å². The van der Waals surface area contributed by atoms with E-state index in [1.807, 2.05) is 0 Å². The van der Waals surface area contributed by atoms with Crippen molar-refractivity contribution in [3.05, 3.63) is 0 Å². The van der Waals surface area contributed by atoms with Crippen LogP contribution in [0.4, 0.5) is 0 Å². The Morgan fingerprint density at radius 1 is 1.00 bits per heavy atom. The molecule has 0 aromatic rings. The monoisotopic (exact) mass is 238 g/mol. The molecule has 0 heterocycles. The zero-order valence-corrected chi connectivity index (χ0v) is 12.8. The molecule has 0 saturated heterocycles. The number of hydrogen-bond donors (Lipinski definition) is 0. The Hall–Kier alpha value is 0. The molecule has 1 aliphatic rings. The first kappa shape index (κ1) is 15.1. The first-order valence-corrected chi connectivity index (χ1v) is 8.06. The van der Waals surface area contributed by atoms with E-state index >= 15 is 0 Å². The van der Waals surface area contributed by atoms with Crippen LogP contribution < -0.4 is 0 Å². The van der Waals surface area contributed by atoms with Gasteiger partial charge in [-0.3, -0.25) is 0 Å². The second-order valence-corrected chi connectivity index (χ2v) is 6.86. The highest BCUT2D eigenvalue weighted by Gasteiger charge is 2.31. The van der Waals surface area contributed by atoms with Gasteiger partial charge in [-0.05, 0) is 36.0 Å². The summed E-state index contributed by atoms with van der Waals surface area (Å²) in [6.07, 6.45) is 10.2. The van der Waals surface area contributed by atoms with Crippen LogP contribution in [0, 0.1) is 29.6 Å². The Kier molecular flexibility index (Phi) is 6.59. The summed E-state index contributed by atoms with van der Waals surface area (Å²) in [5.41, 5.74) is 0. The van der Waals surface area contributed by atoms with E-state index in [2.05, 4.69) is 34.6 Å². The molecule has 0 spiro atoms. The molecular formula is C17H34. The van der Waals surface area contributed by atoms with Gasteiger partial charge in [0.1, 0.15) is 0 Å². The first-order chi connectivity index (χ1) is 8.06. The molecule has 0 aromatic heterocycles. The molecule has 17 heavy (non-hydrogen) atoms. The van der Waals surface area contributed by atoms with Gasteiger partial charge in [0.2, 0.25) is 0 Å². The fraction of sp³-hybridized carbons (Fsp3) is 1.00. The summed E-state index contributed by atoms with van der Waals surface area (Å²) in [5, 5.41) is 0. The highest BCUT2D eigenvalue weighted by molar-refractivity contribution is 4.81. The Bertz CT molecular complexity index is 196. The van der Waals surface area contributed by atoms with Gasteiger partial charge in [0, 0.05) is 0 Å². The number of hydrogen-bond acceptors (Lipinski definition) is 0. The summed E-state index contributed by atoms with van der Waals surface area (Å²) in [7, 11) is 0. The van der Waals surface area contributed by atoms with E-state index in [1.54, 1.807) is 0 Å². The first-order valence-electron chi connectivity index (χ1n) is 8.06. The van der Waals surface area contributed by atoms with Crippen molar-refractivity contribution >= 4 is 0 Å². The highest BCUT2D eigenvalue weighted by Crippen LogP contribution is 2.41. The van der Waals surface area contributed by atoms with Crippen LogP contribution in [-0.4, -0.2) is 0 Å². The molecule has 1 aliphatic carbocycles. The van der Waals surface area contributed by atoms with Crippen LogP contribution in [0.25, 0.3) is 0 Å². The van der Waals surface area contributed by atoms with Gasteiger partial charge in [-0.2, -0.15) is 0 Å². The van der Waals surface area contributed by atoms with Crippen LogP contribution in [-0.2, 0) is 0 Å². The molecule has 0 nitrogen and oxygen atoms in total. The fourth-order valence-corrected chi connectivity index (χ4v) is 3.22. The van der Waals surface area contributed by atoms with Crippen LogP contribution in [0.2, 0.25) is 0 Å². The Balaban J connectivity index is 2.04. The molecular weight excluding hydrogens is 204 g/mol. The molecule has 0 bridgehead atoms. The van der Waals surface area contributed by atoms with Crippen LogP contribution in [0.3, 0.4) is 0 Å². The number of rotatable bonds is 9. The molecule has 1 rings (SSSR count). The smallest absolute Gasteiger partial charge is 0.0386 e. The molecule has 0 heteroatoms. The molecule has 0 radical (unpaired) electrons. The molecule has 5 unspecified atom stereocenters. The number of unbranched alkanes of at least 4 members (excludes halogenated alkanes) is 1. The molecule has 102 valence electrons. The summed E-state index contributed by atoms with van der Waals surface area (Å²) in [4.78, 5) is 0. The lowest BCUT2D eigenvalue weighted by Gasteiger charge is -2.26. The molecule has 1 saturated carbocycles. The van der Waals surface area contributed by atoms with E-state index in [1.165, 1.54) is 44.9 Å². The quantitative estimate of drug-likeness (QED) is 0.438. The van der Waals surface area contributed by atoms with Crippen molar-refractivity contribution in [3.63, 3.8) is 0 Å². The van der Waals surface area contributed by atoms with Crippen molar-refractivity contribution in [2.45, 2.75) is 79.6 Å². The minimum Gasteiger partial charge on any atom is -0.0654 e. The third-order valence-electron chi connectivity index (χ3n) is 5.30. The van der Waals surface area contributed by atoms with Crippen molar-refractivity contribution in [1.82, 2.24) is 0 Å². The third kappa shape index (κ3) is 5.44. The largest absolute Gasteiger partial charge is 0.0654 e. The van der Waals surface area contributed by atoms with E-state index in [0.717, 1.165) is 29.6 Å². The fourth-order valence-electron chi connectivity index (χ4n) is 3.22. The minimum absolute atomic E-state index is 0.912. The van der Waals surface area contributed by atoms with Crippen molar-refractivity contribution in [3.8, 4) is 0 Å². The lowest BCUT2D eigenvalue weighted by molar-refractivity contribution is 0.247. The SMILES string of the molecule is CCCC(C)C(C)C(C)CCCCC1CC1C. The zero-order chi connectivity index (χ0) is 12.8. The zero-order valence-electron chi connectivity index (χ0n) is 12.8. The normalized spacial score (nSPS) is 28.8. The minimum atomic E-state index is 0.912. The molecule has 0 amide bonds. The maximum Gasteiger partial charge on any atom is -0.0386 e. The Labute approximate surface area is 110 Å². The summed E-state index contributed by atoms with van der Waals surface area (Å²) in [6.45, 7) is 12.1. The van der Waals surface area contributed by atoms with Crippen molar-refractivity contribution < 1.29 is 0 Å². The summed E-state index contributed by atoms with van der Waals surface area (Å²) in [6, 6.07) is 0. The van der Waals surface area contributed by atoms with Gasteiger partial charge in [-0.1, -0.05) is 73.1 Å². The second kappa shape index (κ2) is 7.44. The van der Waals surface area contributed by atoms with E-state index in [0.29, 0.717) is 0 Å². The molecule has 5 atom stereocenters. The predicted molar refractivity (Wildman–Crippen MR) is 78.1 cm³/mol. The lowest BCUT2D eigenvalue weighted by atomic mass is 9.80. The average molecular weight is 238 g/mol. The maximum atomic E-state index is 2.47. The summed E-state index contributed by atoms with van der Waals surface area (Å²) < 4.78 is 0. The second-order valence-electron chi connectivity index (χ2n) is 6.86. The Morgan fingerprint density at radius 3 is 2.12 bits per heavy atom. The van der Waals surface area contributed by atoms with Crippen molar-refractivity contribution in [2.75, 3.05) is 0 Å². The molecule has 0 N–H and O–H groups in total. The predicted octanol–water partition coefficient (Wildman–Crippen LogP) is 5.91. The average Bonchev–Trinajstić information content (AvgIpc) is 2.99. The van der Waals surface area contributed by atoms with Crippen LogP contribution in [0.1, 0.15) is 79.6 Å². The Morgan fingerprint density at radius 2 is 1.59 bits per heavy atom. The third-order valence-corrected chi connectivity index (χ3v) is 5.30. The molecule has 0 aliphatic heterocycles. The van der Waals surface area contributed by atoms with Gasteiger partial charge in [0.15, 0.2) is 0 Å². The summed E-state index contributed by atoms with van der Waals surface area (Å²) in [5.74, 6) is 4.90. The topological polar surface area (TPSA) is 0 Å². The van der Waals surface area contributed by atoms with Crippen molar-refractivity contribution in [2.24, 2.45) is 29.6 Å². The molecule has 1 fully saturated rings. The van der Waals surface area contributed by atoms with Crippen LogP contribution in [0.15, 0.2) is 0 Å². The van der Waals surface area contributed by atoms with E-state index < -0.39 is 0 Å². The van der Waals surface area contributed by atoms with Gasteiger partial charge >= 0.3 is 0 Å². The van der Waals surface area contributed by atoms with E-state index in [-0.39, 0.29) is 0 Å². The van der Waals surface area contributed by atoms with Crippen LogP contribution in [0.5, 0.6) is 0 Å². The summed E-state index contributed by atoms with van der Waals surface area (Å²) >= 11 is 0. The van der Waals surface area contributed by atoms with Gasteiger partial charge in [0.25, 0.3) is 0 Å². The van der Waals surface area contributed by atoms with Crippen LogP contribution >= 0.6 is 0 Å². The standard InChI is InChI=1S/C17H34/c1-6-9-13(2)16(5)14(3)10-7-8-11-17-12-15(17)4/h13-17H,6-12H2,1-5H3. The van der Waals surface area contributed by atoms with Gasteiger partial charge in [-0.15, -0.1) is 0 Å². The lowest BCUT2D eigenvalue weighted by Crippen LogP contribution is -2.16.